The van der Waals surface area contributed by atoms with Crippen LogP contribution in [0.25, 0.3) is 0 Å². The van der Waals surface area contributed by atoms with Crippen LogP contribution in [-0.2, 0) is 14.8 Å². The fraction of sp³-hybridized carbons (Fsp3) is 0.312. The molecule has 5 nitrogen and oxygen atoms in total. The summed E-state index contributed by atoms with van der Waals surface area (Å²) in [5.41, 5.74) is 0.446. The third-order valence-electron chi connectivity index (χ3n) is 3.94. The van der Waals surface area contributed by atoms with Crippen LogP contribution >= 0.6 is 34.5 Å². The highest BCUT2D eigenvalue weighted by Gasteiger charge is 2.38. The normalized spacial score (nSPS) is 18.9. The van der Waals surface area contributed by atoms with E-state index in [0.29, 0.717) is 28.7 Å². The lowest BCUT2D eigenvalue weighted by molar-refractivity contribution is -0.120. The molecule has 9 heteroatoms. The fourth-order valence-corrected chi connectivity index (χ4v) is 6.13. The van der Waals surface area contributed by atoms with E-state index in [0.717, 1.165) is 24.2 Å². The van der Waals surface area contributed by atoms with Crippen molar-refractivity contribution in [3.63, 3.8) is 0 Å². The zero-order valence-electron chi connectivity index (χ0n) is 13.1. The standard InChI is InChI=1S/C16H16Cl2N2O3S2/c17-11-8-12(18)10-13(9-11)19-16(21)14-4-1-2-6-20(14)25(22,23)15-5-3-7-24-15/h3,5,7-10,14H,1-2,4,6H2,(H,19,21). The molecular weight excluding hydrogens is 403 g/mol. The third-order valence-corrected chi connectivity index (χ3v) is 7.66. The number of anilines is 1. The summed E-state index contributed by atoms with van der Waals surface area (Å²) in [5, 5.41) is 5.23. The second kappa shape index (κ2) is 7.63. The van der Waals surface area contributed by atoms with Gasteiger partial charge in [-0.1, -0.05) is 35.7 Å². The number of amides is 1. The van der Waals surface area contributed by atoms with Crippen molar-refractivity contribution in [1.29, 1.82) is 0 Å². The molecule has 1 amide bonds. The maximum atomic E-state index is 12.8. The Morgan fingerprint density at radius 1 is 1.20 bits per heavy atom. The lowest BCUT2D eigenvalue weighted by Gasteiger charge is -2.33. The predicted octanol–water partition coefficient (Wildman–Crippen LogP) is 4.24. The molecule has 0 radical (unpaired) electrons. The zero-order chi connectivity index (χ0) is 18.0. The van der Waals surface area contributed by atoms with Gasteiger partial charge in [-0.2, -0.15) is 4.31 Å². The van der Waals surface area contributed by atoms with Gasteiger partial charge in [-0.25, -0.2) is 8.42 Å². The van der Waals surface area contributed by atoms with E-state index in [-0.39, 0.29) is 10.1 Å². The summed E-state index contributed by atoms with van der Waals surface area (Å²) in [4.78, 5) is 12.7. The lowest BCUT2D eigenvalue weighted by Crippen LogP contribution is -2.49. The molecule has 0 saturated carbocycles. The van der Waals surface area contributed by atoms with Crippen molar-refractivity contribution in [1.82, 2.24) is 4.31 Å². The van der Waals surface area contributed by atoms with Crippen LogP contribution in [-0.4, -0.2) is 31.2 Å². The number of nitrogens with one attached hydrogen (secondary N) is 1. The average molecular weight is 419 g/mol. The molecule has 1 aromatic heterocycles. The first-order valence-corrected chi connectivity index (χ1v) is 10.8. The fourth-order valence-electron chi connectivity index (χ4n) is 2.83. The van der Waals surface area contributed by atoms with E-state index in [1.54, 1.807) is 35.7 Å². The molecule has 1 saturated heterocycles. The average Bonchev–Trinajstić information content (AvgIpc) is 3.09. The Hall–Kier alpha value is -1.12. The number of carbonyl (C=O) groups excluding carboxylic acids is 1. The third kappa shape index (κ3) is 4.17. The monoisotopic (exact) mass is 418 g/mol. The second-order valence-electron chi connectivity index (χ2n) is 5.71. The minimum Gasteiger partial charge on any atom is -0.325 e. The quantitative estimate of drug-likeness (QED) is 0.806. The number of thiophene rings is 1. The van der Waals surface area contributed by atoms with Crippen molar-refractivity contribution in [2.45, 2.75) is 29.5 Å². The van der Waals surface area contributed by atoms with Gasteiger partial charge in [0.25, 0.3) is 10.0 Å². The van der Waals surface area contributed by atoms with Crippen LogP contribution in [0.3, 0.4) is 0 Å². The Kier molecular flexibility index (Phi) is 5.70. The predicted molar refractivity (Wildman–Crippen MR) is 101 cm³/mol. The molecule has 25 heavy (non-hydrogen) atoms. The minimum atomic E-state index is -3.68. The Balaban J connectivity index is 1.84. The van der Waals surface area contributed by atoms with Crippen LogP contribution < -0.4 is 5.32 Å². The molecule has 0 aliphatic carbocycles. The van der Waals surface area contributed by atoms with Crippen molar-refractivity contribution in [3.05, 3.63) is 45.8 Å². The second-order valence-corrected chi connectivity index (χ2v) is 9.64. The Labute approximate surface area is 160 Å². The molecule has 1 aliphatic rings. The number of nitrogens with zero attached hydrogens (tertiary/aromatic N) is 1. The van der Waals surface area contributed by atoms with Crippen LogP contribution in [0.5, 0.6) is 0 Å². The summed E-state index contributed by atoms with van der Waals surface area (Å²) in [6, 6.07) is 7.20. The van der Waals surface area contributed by atoms with Crippen molar-refractivity contribution >= 4 is 56.2 Å². The van der Waals surface area contributed by atoms with E-state index in [1.165, 1.54) is 4.31 Å². The molecule has 134 valence electrons. The van der Waals surface area contributed by atoms with E-state index < -0.39 is 16.1 Å². The van der Waals surface area contributed by atoms with E-state index in [1.807, 2.05) is 0 Å². The van der Waals surface area contributed by atoms with Gasteiger partial charge < -0.3 is 5.32 Å². The summed E-state index contributed by atoms with van der Waals surface area (Å²) in [6.07, 6.45) is 2.01. The maximum absolute atomic E-state index is 12.8. The van der Waals surface area contributed by atoms with Gasteiger partial charge in [-0.15, -0.1) is 11.3 Å². The highest BCUT2D eigenvalue weighted by Crippen LogP contribution is 2.29. The van der Waals surface area contributed by atoms with Gasteiger partial charge in [0.15, 0.2) is 0 Å². The van der Waals surface area contributed by atoms with Gasteiger partial charge in [0.05, 0.1) is 0 Å². The van der Waals surface area contributed by atoms with Crippen molar-refractivity contribution < 1.29 is 13.2 Å². The van der Waals surface area contributed by atoms with E-state index >= 15 is 0 Å². The zero-order valence-corrected chi connectivity index (χ0v) is 16.3. The van der Waals surface area contributed by atoms with Crippen LogP contribution in [0.15, 0.2) is 39.9 Å². The van der Waals surface area contributed by atoms with Gasteiger partial charge in [0, 0.05) is 22.3 Å². The number of hydrogen-bond donors (Lipinski definition) is 1. The van der Waals surface area contributed by atoms with E-state index in [2.05, 4.69) is 5.32 Å². The minimum absolute atomic E-state index is 0.248. The first-order valence-electron chi connectivity index (χ1n) is 7.70. The van der Waals surface area contributed by atoms with E-state index in [9.17, 15) is 13.2 Å². The summed E-state index contributed by atoms with van der Waals surface area (Å²) in [7, 11) is -3.68. The van der Waals surface area contributed by atoms with Crippen LogP contribution in [0, 0.1) is 0 Å². The molecule has 1 aromatic carbocycles. The van der Waals surface area contributed by atoms with Crippen LogP contribution in [0.4, 0.5) is 5.69 Å². The van der Waals surface area contributed by atoms with Crippen molar-refractivity contribution in [3.8, 4) is 0 Å². The summed E-state index contributed by atoms with van der Waals surface area (Å²) in [6.45, 7) is 0.328. The molecular formula is C16H16Cl2N2O3S2. The molecule has 1 aliphatic heterocycles. The number of hydrogen-bond acceptors (Lipinski definition) is 4. The van der Waals surface area contributed by atoms with Gasteiger partial charge in [0.1, 0.15) is 10.3 Å². The highest BCUT2D eigenvalue weighted by atomic mass is 35.5. The van der Waals surface area contributed by atoms with Crippen molar-refractivity contribution in [2.24, 2.45) is 0 Å². The maximum Gasteiger partial charge on any atom is 0.253 e. The molecule has 2 aromatic rings. The van der Waals surface area contributed by atoms with Gasteiger partial charge >= 0.3 is 0 Å². The molecule has 2 heterocycles. The largest absolute Gasteiger partial charge is 0.325 e. The summed E-state index contributed by atoms with van der Waals surface area (Å²) >= 11 is 13.0. The highest BCUT2D eigenvalue weighted by molar-refractivity contribution is 7.91. The molecule has 1 unspecified atom stereocenters. The molecule has 1 fully saturated rings. The number of piperidine rings is 1. The van der Waals surface area contributed by atoms with Crippen LogP contribution in [0.2, 0.25) is 10.0 Å². The number of halogens is 2. The molecule has 0 spiro atoms. The molecule has 0 bridgehead atoms. The van der Waals surface area contributed by atoms with Gasteiger partial charge in [-0.3, -0.25) is 4.79 Å². The topological polar surface area (TPSA) is 66.5 Å². The Bertz CT molecular complexity index is 849. The first kappa shape index (κ1) is 18.7. The van der Waals surface area contributed by atoms with Gasteiger partial charge in [0.2, 0.25) is 5.91 Å². The smallest absolute Gasteiger partial charge is 0.253 e. The number of rotatable bonds is 4. The first-order chi connectivity index (χ1) is 11.9. The van der Waals surface area contributed by atoms with Crippen LogP contribution in [0.1, 0.15) is 19.3 Å². The number of carbonyl (C=O) groups is 1. The van der Waals surface area contributed by atoms with Gasteiger partial charge in [-0.05, 0) is 42.5 Å². The summed E-state index contributed by atoms with van der Waals surface area (Å²) < 4.78 is 27.2. The number of sulfonamides is 1. The molecule has 1 atom stereocenters. The van der Waals surface area contributed by atoms with E-state index in [4.69, 9.17) is 23.2 Å². The summed E-state index contributed by atoms with van der Waals surface area (Å²) in [5.74, 6) is -0.377. The molecule has 1 N–H and O–H groups in total. The van der Waals surface area contributed by atoms with Crippen molar-refractivity contribution in [2.75, 3.05) is 11.9 Å². The molecule has 3 rings (SSSR count). The number of benzene rings is 1. The Morgan fingerprint density at radius 2 is 1.92 bits per heavy atom. The Morgan fingerprint density at radius 3 is 2.56 bits per heavy atom. The SMILES string of the molecule is O=C(Nc1cc(Cl)cc(Cl)c1)C1CCCCN1S(=O)(=O)c1cccs1. The lowest BCUT2D eigenvalue weighted by atomic mass is 10.0.